The molecule has 1 saturated heterocycles. The minimum atomic E-state index is -0.776. The number of hydrogen-bond donors (Lipinski definition) is 3. The molecule has 30 heavy (non-hydrogen) atoms. The number of nitrogens with two attached hydrogens (primary N) is 1. The Bertz CT molecular complexity index is 1120. The number of carbonyl (C=O) groups excluding carboxylic acids is 3. The van der Waals surface area contributed by atoms with E-state index >= 15 is 0 Å². The Morgan fingerprint density at radius 1 is 1.17 bits per heavy atom. The molecule has 0 bridgehead atoms. The molecule has 9 nitrogen and oxygen atoms in total. The highest BCUT2D eigenvalue weighted by atomic mass is 16.2. The van der Waals surface area contributed by atoms with Crippen molar-refractivity contribution in [3.05, 3.63) is 54.0 Å². The number of pyridine rings is 1. The number of aromatic amines is 1. The molecule has 2 atom stereocenters. The molecule has 0 radical (unpaired) electrons. The minimum absolute atomic E-state index is 0.151. The summed E-state index contributed by atoms with van der Waals surface area (Å²) in [6.07, 6.45) is 6.13. The normalized spacial score (nSPS) is 18.9. The number of likely N-dealkylation sites (tertiary alicyclic amines) is 1. The average Bonchev–Trinajstić information content (AvgIpc) is 3.21. The highest BCUT2D eigenvalue weighted by molar-refractivity contribution is 6.39. The van der Waals surface area contributed by atoms with Crippen LogP contribution in [0.1, 0.15) is 41.7 Å². The van der Waals surface area contributed by atoms with Gasteiger partial charge in [-0.15, -0.1) is 0 Å². The lowest BCUT2D eigenvalue weighted by Crippen LogP contribution is -2.46. The van der Waals surface area contributed by atoms with Gasteiger partial charge >= 0.3 is 11.8 Å². The number of hydrogen-bond acceptors (Lipinski definition) is 5. The number of aromatic nitrogens is 3. The molecular formula is C21H22N6O3. The highest BCUT2D eigenvalue weighted by Crippen LogP contribution is 2.34. The molecule has 1 aliphatic heterocycles. The Kier molecular flexibility index (Phi) is 5.18. The van der Waals surface area contributed by atoms with Crippen LogP contribution < -0.4 is 11.1 Å². The van der Waals surface area contributed by atoms with Crippen LogP contribution in [0.5, 0.6) is 0 Å². The van der Waals surface area contributed by atoms with Crippen molar-refractivity contribution < 1.29 is 14.4 Å². The molecule has 3 aromatic rings. The molecule has 0 unspecified atom stereocenters. The maximum absolute atomic E-state index is 13.0. The van der Waals surface area contributed by atoms with Gasteiger partial charge in [-0.3, -0.25) is 24.5 Å². The first kappa shape index (κ1) is 19.6. The first-order valence-corrected chi connectivity index (χ1v) is 9.72. The van der Waals surface area contributed by atoms with Crippen molar-refractivity contribution in [1.29, 1.82) is 0 Å². The smallest absolute Gasteiger partial charge is 0.313 e. The summed E-state index contributed by atoms with van der Waals surface area (Å²) in [5, 5.41) is 10.4. The molecule has 4 rings (SSSR count). The fourth-order valence-corrected chi connectivity index (χ4v) is 3.85. The van der Waals surface area contributed by atoms with Crippen LogP contribution in [0.3, 0.4) is 0 Å². The Labute approximate surface area is 172 Å². The Morgan fingerprint density at radius 3 is 2.80 bits per heavy atom. The van der Waals surface area contributed by atoms with E-state index in [0.717, 1.165) is 29.3 Å². The van der Waals surface area contributed by atoms with Crippen LogP contribution in [-0.2, 0) is 9.59 Å². The van der Waals surface area contributed by atoms with E-state index in [4.69, 9.17) is 5.73 Å². The largest absolute Gasteiger partial charge is 0.366 e. The molecule has 0 spiro atoms. The number of primary amides is 1. The fourth-order valence-electron chi connectivity index (χ4n) is 3.85. The summed E-state index contributed by atoms with van der Waals surface area (Å²) in [5.41, 5.74) is 7.52. The van der Waals surface area contributed by atoms with Crippen LogP contribution in [-0.4, -0.2) is 44.3 Å². The number of carbonyl (C=O) groups is 3. The van der Waals surface area contributed by atoms with Gasteiger partial charge < -0.3 is 16.0 Å². The number of benzene rings is 1. The summed E-state index contributed by atoms with van der Waals surface area (Å²) in [6.45, 7) is 2.55. The summed E-state index contributed by atoms with van der Waals surface area (Å²) in [7, 11) is 0. The molecule has 9 heteroatoms. The van der Waals surface area contributed by atoms with Crippen molar-refractivity contribution in [2.45, 2.75) is 25.8 Å². The highest BCUT2D eigenvalue weighted by Gasteiger charge is 2.34. The van der Waals surface area contributed by atoms with E-state index in [1.54, 1.807) is 11.1 Å². The summed E-state index contributed by atoms with van der Waals surface area (Å²) in [4.78, 5) is 42.6. The number of rotatable bonds is 3. The van der Waals surface area contributed by atoms with E-state index in [2.05, 4.69) is 27.4 Å². The van der Waals surface area contributed by atoms with Crippen LogP contribution in [0.25, 0.3) is 10.9 Å². The van der Waals surface area contributed by atoms with Gasteiger partial charge in [-0.25, -0.2) is 0 Å². The zero-order valence-corrected chi connectivity index (χ0v) is 16.5. The minimum Gasteiger partial charge on any atom is -0.366 e. The predicted octanol–water partition coefficient (Wildman–Crippen LogP) is 2.00. The van der Waals surface area contributed by atoms with E-state index < -0.39 is 17.7 Å². The quantitative estimate of drug-likeness (QED) is 0.572. The van der Waals surface area contributed by atoms with Gasteiger partial charge in [-0.05, 0) is 42.5 Å². The second kappa shape index (κ2) is 7.94. The zero-order chi connectivity index (χ0) is 21.3. The summed E-state index contributed by atoms with van der Waals surface area (Å²) in [6, 6.07) is 7.08. The van der Waals surface area contributed by atoms with Gasteiger partial charge in [0.25, 0.3) is 0 Å². The first-order valence-electron chi connectivity index (χ1n) is 9.72. The average molecular weight is 406 g/mol. The van der Waals surface area contributed by atoms with E-state index in [1.165, 1.54) is 18.5 Å². The molecule has 4 N–H and O–H groups in total. The maximum Gasteiger partial charge on any atom is 0.313 e. The zero-order valence-electron chi connectivity index (χ0n) is 16.5. The van der Waals surface area contributed by atoms with Gasteiger partial charge in [-0.1, -0.05) is 13.0 Å². The second-order valence-corrected chi connectivity index (χ2v) is 7.65. The third-order valence-electron chi connectivity index (χ3n) is 5.40. The molecule has 3 amide bonds. The van der Waals surface area contributed by atoms with Gasteiger partial charge in [0.15, 0.2) is 0 Å². The predicted molar refractivity (Wildman–Crippen MR) is 110 cm³/mol. The molecule has 0 aliphatic carbocycles. The number of nitrogens with zero attached hydrogens (tertiary/aromatic N) is 3. The third kappa shape index (κ3) is 3.86. The molecule has 2 aromatic heterocycles. The maximum atomic E-state index is 13.0. The molecule has 154 valence electrons. The first-order chi connectivity index (χ1) is 14.4. The second-order valence-electron chi connectivity index (χ2n) is 7.65. The van der Waals surface area contributed by atoms with Crippen LogP contribution in [0.4, 0.5) is 5.69 Å². The van der Waals surface area contributed by atoms with Crippen LogP contribution >= 0.6 is 0 Å². The Balaban J connectivity index is 1.56. The van der Waals surface area contributed by atoms with Crippen molar-refractivity contribution in [1.82, 2.24) is 20.1 Å². The lowest BCUT2D eigenvalue weighted by Gasteiger charge is -2.38. The fraction of sp³-hybridized carbons (Fsp3) is 0.286. The monoisotopic (exact) mass is 406 g/mol. The molecule has 3 heterocycles. The van der Waals surface area contributed by atoms with Gasteiger partial charge in [0.2, 0.25) is 5.91 Å². The molecular weight excluding hydrogens is 384 g/mol. The van der Waals surface area contributed by atoms with Crippen LogP contribution in [0.15, 0.2) is 42.9 Å². The van der Waals surface area contributed by atoms with Crippen molar-refractivity contribution >= 4 is 34.3 Å². The van der Waals surface area contributed by atoms with Gasteiger partial charge in [0, 0.05) is 18.1 Å². The van der Waals surface area contributed by atoms with Crippen molar-refractivity contribution in [3.63, 3.8) is 0 Å². The van der Waals surface area contributed by atoms with E-state index in [-0.39, 0.29) is 23.2 Å². The van der Waals surface area contributed by atoms with Crippen molar-refractivity contribution in [2.24, 2.45) is 11.7 Å². The molecule has 1 fully saturated rings. The molecule has 1 aliphatic rings. The SMILES string of the molecule is C[C@H]1CC[C@H](c2ccc3[nH]ncc3c2)N(C(=O)C(=O)Nc2cncc(C(N)=O)c2)C1. The molecule has 0 saturated carbocycles. The summed E-state index contributed by atoms with van der Waals surface area (Å²) in [5.74, 6) is -1.77. The van der Waals surface area contributed by atoms with Crippen molar-refractivity contribution in [3.8, 4) is 0 Å². The van der Waals surface area contributed by atoms with Crippen LogP contribution in [0, 0.1) is 5.92 Å². The summed E-state index contributed by atoms with van der Waals surface area (Å²) < 4.78 is 0. The topological polar surface area (TPSA) is 134 Å². The number of H-pyrrole nitrogens is 1. The van der Waals surface area contributed by atoms with Gasteiger partial charge in [-0.2, -0.15) is 5.10 Å². The number of piperidine rings is 1. The van der Waals surface area contributed by atoms with Crippen molar-refractivity contribution in [2.75, 3.05) is 11.9 Å². The number of amides is 3. The lowest BCUT2D eigenvalue weighted by molar-refractivity contribution is -0.146. The third-order valence-corrected chi connectivity index (χ3v) is 5.40. The molecule has 1 aromatic carbocycles. The van der Waals surface area contributed by atoms with Gasteiger partial charge in [0.1, 0.15) is 0 Å². The standard InChI is InChI=1S/C21H22N6O3/c1-12-2-5-18(13-3-4-17-14(6-13)9-24-26-17)27(11-12)21(30)20(29)25-16-7-15(19(22)28)8-23-10-16/h3-4,6-10,12,18H,2,5,11H2,1H3,(H2,22,28)(H,24,26)(H,25,29)/t12-,18+/m0/s1. The number of anilines is 1. The Morgan fingerprint density at radius 2 is 2.00 bits per heavy atom. The van der Waals surface area contributed by atoms with Crippen LogP contribution in [0.2, 0.25) is 0 Å². The van der Waals surface area contributed by atoms with E-state index in [9.17, 15) is 14.4 Å². The number of nitrogens with one attached hydrogen (secondary N) is 2. The van der Waals surface area contributed by atoms with Gasteiger partial charge in [0.05, 0.1) is 35.2 Å². The Hall–Kier alpha value is -3.75. The summed E-state index contributed by atoms with van der Waals surface area (Å²) >= 11 is 0. The van der Waals surface area contributed by atoms with E-state index in [0.29, 0.717) is 6.54 Å². The lowest BCUT2D eigenvalue weighted by atomic mass is 9.89. The number of fused-ring (bicyclic) bond motifs is 1. The van der Waals surface area contributed by atoms with E-state index in [1.807, 2.05) is 18.2 Å².